The van der Waals surface area contributed by atoms with Crippen LogP contribution in [0.3, 0.4) is 0 Å². The van der Waals surface area contributed by atoms with E-state index in [-0.39, 0.29) is 10.7 Å². The molecule has 0 fully saturated rings. The second-order valence-electron chi connectivity index (χ2n) is 4.08. The minimum Gasteiger partial charge on any atom is -0.307 e. The molecule has 1 aromatic carbocycles. The zero-order valence-corrected chi connectivity index (χ0v) is 10.5. The quantitative estimate of drug-likeness (QED) is 0.819. The molecule has 0 unspecified atom stereocenters. The summed E-state index contributed by atoms with van der Waals surface area (Å²) in [5.41, 5.74) is 3.21. The Morgan fingerprint density at radius 2 is 2.12 bits per heavy atom. The Kier molecular flexibility index (Phi) is 3.29. The van der Waals surface area contributed by atoms with Gasteiger partial charge in [0.15, 0.2) is 5.15 Å². The fraction of sp³-hybridized carbons (Fsp3) is 0.231. The Hall–Kier alpha value is -1.61. The molecule has 0 amide bonds. The predicted octanol–water partition coefficient (Wildman–Crippen LogP) is 2.56. The van der Waals surface area contributed by atoms with Gasteiger partial charge in [-0.2, -0.15) is 0 Å². The zero-order valence-electron chi connectivity index (χ0n) is 9.77. The normalized spacial score (nSPS) is 10.5. The Labute approximate surface area is 105 Å². The summed E-state index contributed by atoms with van der Waals surface area (Å²) in [7, 11) is 0. The second-order valence-corrected chi connectivity index (χ2v) is 4.44. The highest BCUT2D eigenvalue weighted by molar-refractivity contribution is 6.29. The smallest absolute Gasteiger partial charge is 0.288 e. The minimum absolute atomic E-state index is 0.0119. The number of aryl methyl sites for hydroxylation is 2. The zero-order chi connectivity index (χ0) is 12.4. The van der Waals surface area contributed by atoms with E-state index in [1.165, 1.54) is 11.8 Å². The van der Waals surface area contributed by atoms with Gasteiger partial charge in [-0.15, -0.1) is 0 Å². The van der Waals surface area contributed by atoms with Crippen LogP contribution in [-0.4, -0.2) is 9.55 Å². The average molecular weight is 249 g/mol. The molecule has 0 bridgehead atoms. The molecule has 0 spiro atoms. The van der Waals surface area contributed by atoms with Crippen LogP contribution < -0.4 is 5.56 Å². The minimum atomic E-state index is -0.255. The molecule has 0 aliphatic carbocycles. The molecule has 0 atom stereocenters. The summed E-state index contributed by atoms with van der Waals surface area (Å²) < 4.78 is 1.57. The topological polar surface area (TPSA) is 34.9 Å². The van der Waals surface area contributed by atoms with Crippen LogP contribution in [0.25, 0.3) is 0 Å². The monoisotopic (exact) mass is 248 g/mol. The van der Waals surface area contributed by atoms with Crippen LogP contribution in [0.15, 0.2) is 35.4 Å². The van der Waals surface area contributed by atoms with Gasteiger partial charge in [0.1, 0.15) is 0 Å². The average Bonchev–Trinajstić information content (AvgIpc) is 2.30. The van der Waals surface area contributed by atoms with E-state index in [0.717, 1.165) is 11.1 Å². The van der Waals surface area contributed by atoms with E-state index < -0.39 is 0 Å². The van der Waals surface area contributed by atoms with E-state index in [9.17, 15) is 4.79 Å². The van der Waals surface area contributed by atoms with Gasteiger partial charge in [-0.1, -0.05) is 35.4 Å². The second kappa shape index (κ2) is 4.72. The SMILES string of the molecule is Cc1ccc(C)c(Cn2ccnc(Cl)c2=O)c1. The van der Waals surface area contributed by atoms with E-state index in [2.05, 4.69) is 23.2 Å². The molecule has 0 aliphatic heterocycles. The largest absolute Gasteiger partial charge is 0.307 e. The number of halogens is 1. The number of aromatic nitrogens is 2. The van der Waals surface area contributed by atoms with Crippen molar-refractivity contribution >= 4 is 11.6 Å². The summed E-state index contributed by atoms with van der Waals surface area (Å²) in [5, 5.41) is 0.0119. The lowest BCUT2D eigenvalue weighted by Crippen LogP contribution is -2.21. The summed E-state index contributed by atoms with van der Waals surface area (Å²) >= 11 is 5.71. The van der Waals surface area contributed by atoms with Gasteiger partial charge in [-0.05, 0) is 25.0 Å². The summed E-state index contributed by atoms with van der Waals surface area (Å²) in [5.74, 6) is 0. The Balaban J connectivity index is 2.41. The number of rotatable bonds is 2. The van der Waals surface area contributed by atoms with Crippen LogP contribution >= 0.6 is 11.6 Å². The van der Waals surface area contributed by atoms with Gasteiger partial charge in [0.25, 0.3) is 5.56 Å². The molecule has 0 N–H and O–H groups in total. The Morgan fingerprint density at radius 1 is 1.35 bits per heavy atom. The van der Waals surface area contributed by atoms with Crippen molar-refractivity contribution in [3.8, 4) is 0 Å². The third-order valence-corrected chi connectivity index (χ3v) is 2.98. The number of benzene rings is 1. The van der Waals surface area contributed by atoms with Crippen molar-refractivity contribution in [2.45, 2.75) is 20.4 Å². The molecule has 0 saturated heterocycles. The third-order valence-electron chi connectivity index (χ3n) is 2.72. The lowest BCUT2D eigenvalue weighted by atomic mass is 10.1. The highest BCUT2D eigenvalue weighted by Gasteiger charge is 2.04. The van der Waals surface area contributed by atoms with Crippen molar-refractivity contribution in [3.05, 3.63) is 62.8 Å². The molecular weight excluding hydrogens is 236 g/mol. The first-order chi connectivity index (χ1) is 8.08. The van der Waals surface area contributed by atoms with Crippen LogP contribution in [0.2, 0.25) is 5.15 Å². The van der Waals surface area contributed by atoms with Gasteiger partial charge < -0.3 is 4.57 Å². The first kappa shape index (κ1) is 11.9. The van der Waals surface area contributed by atoms with E-state index in [1.807, 2.05) is 13.8 Å². The molecule has 1 aromatic heterocycles. The highest BCUT2D eigenvalue weighted by Crippen LogP contribution is 2.11. The number of hydrogen-bond acceptors (Lipinski definition) is 2. The van der Waals surface area contributed by atoms with Crippen LogP contribution in [0.5, 0.6) is 0 Å². The van der Waals surface area contributed by atoms with Gasteiger partial charge in [0.05, 0.1) is 6.54 Å². The van der Waals surface area contributed by atoms with E-state index >= 15 is 0 Å². The first-order valence-electron chi connectivity index (χ1n) is 5.35. The van der Waals surface area contributed by atoms with Crippen molar-refractivity contribution in [2.75, 3.05) is 0 Å². The lowest BCUT2D eigenvalue weighted by Gasteiger charge is -2.09. The maximum absolute atomic E-state index is 11.7. The highest BCUT2D eigenvalue weighted by atomic mass is 35.5. The Bertz CT molecular complexity index is 605. The Morgan fingerprint density at radius 3 is 2.88 bits per heavy atom. The molecule has 0 saturated carbocycles. The van der Waals surface area contributed by atoms with Crippen molar-refractivity contribution in [1.29, 1.82) is 0 Å². The molecular formula is C13H13ClN2O. The number of nitrogens with zero attached hydrogens (tertiary/aromatic N) is 2. The van der Waals surface area contributed by atoms with Crippen LogP contribution in [0.1, 0.15) is 16.7 Å². The van der Waals surface area contributed by atoms with Gasteiger partial charge >= 0.3 is 0 Å². The van der Waals surface area contributed by atoms with Gasteiger partial charge in [-0.3, -0.25) is 4.79 Å². The standard InChI is InChI=1S/C13H13ClN2O/c1-9-3-4-10(2)11(7-9)8-16-6-5-15-12(14)13(16)17/h3-7H,8H2,1-2H3. The summed E-state index contributed by atoms with van der Waals surface area (Å²) in [6.45, 7) is 4.59. The summed E-state index contributed by atoms with van der Waals surface area (Å²) in [6, 6.07) is 6.19. The summed E-state index contributed by atoms with van der Waals surface area (Å²) in [4.78, 5) is 15.5. The molecule has 0 aliphatic rings. The van der Waals surface area contributed by atoms with Gasteiger partial charge in [0.2, 0.25) is 0 Å². The van der Waals surface area contributed by atoms with E-state index in [4.69, 9.17) is 11.6 Å². The fourth-order valence-corrected chi connectivity index (χ4v) is 1.86. The molecule has 2 rings (SSSR count). The molecule has 1 heterocycles. The summed E-state index contributed by atoms with van der Waals surface area (Å²) in [6.07, 6.45) is 3.19. The maximum Gasteiger partial charge on any atom is 0.288 e. The molecule has 4 heteroatoms. The fourth-order valence-electron chi connectivity index (χ4n) is 1.70. The first-order valence-corrected chi connectivity index (χ1v) is 5.73. The van der Waals surface area contributed by atoms with Crippen molar-refractivity contribution < 1.29 is 0 Å². The van der Waals surface area contributed by atoms with E-state index in [1.54, 1.807) is 10.8 Å². The van der Waals surface area contributed by atoms with E-state index in [0.29, 0.717) is 6.54 Å². The van der Waals surface area contributed by atoms with Crippen LogP contribution in [0, 0.1) is 13.8 Å². The number of hydrogen-bond donors (Lipinski definition) is 0. The van der Waals surface area contributed by atoms with Crippen molar-refractivity contribution in [2.24, 2.45) is 0 Å². The van der Waals surface area contributed by atoms with Crippen molar-refractivity contribution in [1.82, 2.24) is 9.55 Å². The molecule has 88 valence electrons. The van der Waals surface area contributed by atoms with Crippen LogP contribution in [0.4, 0.5) is 0 Å². The molecule has 17 heavy (non-hydrogen) atoms. The third kappa shape index (κ3) is 2.56. The van der Waals surface area contributed by atoms with Gasteiger partial charge in [-0.25, -0.2) is 4.98 Å². The predicted molar refractivity (Wildman–Crippen MR) is 68.5 cm³/mol. The lowest BCUT2D eigenvalue weighted by molar-refractivity contribution is 0.744. The van der Waals surface area contributed by atoms with Gasteiger partial charge in [0, 0.05) is 12.4 Å². The maximum atomic E-state index is 11.7. The molecule has 2 aromatic rings. The molecule has 3 nitrogen and oxygen atoms in total. The van der Waals surface area contributed by atoms with Crippen LogP contribution in [-0.2, 0) is 6.54 Å². The molecule has 0 radical (unpaired) electrons. The van der Waals surface area contributed by atoms with Crippen molar-refractivity contribution in [3.63, 3.8) is 0 Å².